The number of anilines is 1. The van der Waals surface area contributed by atoms with Gasteiger partial charge < -0.3 is 15.2 Å². The summed E-state index contributed by atoms with van der Waals surface area (Å²) in [6.07, 6.45) is 0.254. The second-order valence-electron chi connectivity index (χ2n) is 4.99. The standard InChI is InChI=1S/C15H22N2O3/c1-2-17-7-8-19-14(10-17)11-20-15(18)9-12-3-5-13(16)6-4-12/h3-6,14H,2,7-11,16H2,1H3. The fourth-order valence-corrected chi connectivity index (χ4v) is 2.21. The lowest BCUT2D eigenvalue weighted by Gasteiger charge is -2.31. The number of esters is 1. The van der Waals surface area contributed by atoms with Gasteiger partial charge in [0.2, 0.25) is 0 Å². The molecule has 2 rings (SSSR count). The Hall–Kier alpha value is -1.59. The molecule has 1 aromatic rings. The lowest BCUT2D eigenvalue weighted by Crippen LogP contribution is -2.44. The van der Waals surface area contributed by atoms with Crippen LogP contribution in [0.3, 0.4) is 0 Å². The van der Waals surface area contributed by atoms with Crippen molar-refractivity contribution in [3.8, 4) is 0 Å². The summed E-state index contributed by atoms with van der Waals surface area (Å²) in [5.74, 6) is -0.230. The highest BCUT2D eigenvalue weighted by Crippen LogP contribution is 2.08. The van der Waals surface area contributed by atoms with Crippen LogP contribution in [0.4, 0.5) is 5.69 Å². The van der Waals surface area contributed by atoms with E-state index in [0.29, 0.717) is 18.9 Å². The molecule has 0 aliphatic carbocycles. The third-order valence-corrected chi connectivity index (χ3v) is 3.43. The van der Waals surface area contributed by atoms with Gasteiger partial charge >= 0.3 is 5.97 Å². The maximum absolute atomic E-state index is 11.8. The Kier molecular flexibility index (Phi) is 5.38. The van der Waals surface area contributed by atoms with Crippen molar-refractivity contribution >= 4 is 11.7 Å². The SMILES string of the molecule is CCN1CCOC(COC(=O)Cc2ccc(N)cc2)C1. The normalized spacial score (nSPS) is 19.8. The minimum atomic E-state index is -0.230. The molecule has 0 aromatic heterocycles. The number of carbonyl (C=O) groups excluding carboxylic acids is 1. The van der Waals surface area contributed by atoms with Crippen LogP contribution < -0.4 is 5.73 Å². The molecule has 0 spiro atoms. The fraction of sp³-hybridized carbons (Fsp3) is 0.533. The van der Waals surface area contributed by atoms with Gasteiger partial charge in [0.15, 0.2) is 0 Å². The van der Waals surface area contributed by atoms with Gasteiger partial charge in [-0.2, -0.15) is 0 Å². The Morgan fingerprint density at radius 3 is 2.90 bits per heavy atom. The summed E-state index contributed by atoms with van der Waals surface area (Å²) >= 11 is 0. The molecule has 1 fully saturated rings. The zero-order valence-electron chi connectivity index (χ0n) is 11.9. The lowest BCUT2D eigenvalue weighted by molar-refractivity contribution is -0.149. The van der Waals surface area contributed by atoms with Crippen molar-refractivity contribution in [1.82, 2.24) is 4.90 Å². The topological polar surface area (TPSA) is 64.8 Å². The van der Waals surface area contributed by atoms with E-state index < -0.39 is 0 Å². The number of benzene rings is 1. The molecule has 1 unspecified atom stereocenters. The van der Waals surface area contributed by atoms with Gasteiger partial charge in [-0.3, -0.25) is 9.69 Å². The van der Waals surface area contributed by atoms with Crippen LogP contribution >= 0.6 is 0 Å². The van der Waals surface area contributed by atoms with Crippen molar-refractivity contribution in [3.63, 3.8) is 0 Å². The molecule has 5 nitrogen and oxygen atoms in total. The van der Waals surface area contributed by atoms with Crippen molar-refractivity contribution in [2.75, 3.05) is 38.6 Å². The number of morpholine rings is 1. The first-order valence-corrected chi connectivity index (χ1v) is 7.01. The number of hydrogen-bond donors (Lipinski definition) is 1. The molecule has 1 saturated heterocycles. The molecule has 1 heterocycles. The number of rotatable bonds is 5. The Balaban J connectivity index is 1.73. The molecule has 0 saturated carbocycles. The maximum atomic E-state index is 11.8. The fourth-order valence-electron chi connectivity index (χ4n) is 2.21. The van der Waals surface area contributed by atoms with E-state index in [-0.39, 0.29) is 18.5 Å². The summed E-state index contributed by atoms with van der Waals surface area (Å²) in [5, 5.41) is 0. The van der Waals surface area contributed by atoms with E-state index in [4.69, 9.17) is 15.2 Å². The van der Waals surface area contributed by atoms with Gasteiger partial charge in [-0.25, -0.2) is 0 Å². The zero-order valence-corrected chi connectivity index (χ0v) is 11.9. The van der Waals surface area contributed by atoms with E-state index in [1.807, 2.05) is 12.1 Å². The van der Waals surface area contributed by atoms with Gasteiger partial charge in [0, 0.05) is 18.8 Å². The van der Waals surface area contributed by atoms with Gasteiger partial charge in [0.1, 0.15) is 12.7 Å². The first kappa shape index (κ1) is 14.8. The van der Waals surface area contributed by atoms with Crippen LogP contribution in [0.5, 0.6) is 0 Å². The Labute approximate surface area is 119 Å². The second-order valence-corrected chi connectivity index (χ2v) is 4.99. The highest BCUT2D eigenvalue weighted by atomic mass is 16.6. The van der Waals surface area contributed by atoms with Crippen molar-refractivity contribution in [2.24, 2.45) is 0 Å². The summed E-state index contributed by atoms with van der Waals surface area (Å²) < 4.78 is 10.9. The largest absolute Gasteiger partial charge is 0.463 e. The smallest absolute Gasteiger partial charge is 0.310 e. The van der Waals surface area contributed by atoms with Crippen LogP contribution in [0.15, 0.2) is 24.3 Å². The molecular formula is C15H22N2O3. The Bertz CT molecular complexity index is 433. The first-order chi connectivity index (χ1) is 9.67. The van der Waals surface area contributed by atoms with Crippen LogP contribution in [0, 0.1) is 0 Å². The third kappa shape index (κ3) is 4.51. The summed E-state index contributed by atoms with van der Waals surface area (Å²) in [5.41, 5.74) is 7.20. The van der Waals surface area contributed by atoms with Crippen LogP contribution in [0.25, 0.3) is 0 Å². The maximum Gasteiger partial charge on any atom is 0.310 e. The molecule has 1 atom stereocenters. The van der Waals surface area contributed by atoms with Crippen molar-refractivity contribution in [3.05, 3.63) is 29.8 Å². The van der Waals surface area contributed by atoms with Crippen LogP contribution in [0.1, 0.15) is 12.5 Å². The molecule has 5 heteroatoms. The molecule has 2 N–H and O–H groups in total. The first-order valence-electron chi connectivity index (χ1n) is 7.01. The van der Waals surface area contributed by atoms with E-state index in [9.17, 15) is 4.79 Å². The van der Waals surface area contributed by atoms with Crippen molar-refractivity contribution in [2.45, 2.75) is 19.4 Å². The van der Waals surface area contributed by atoms with E-state index in [1.54, 1.807) is 12.1 Å². The van der Waals surface area contributed by atoms with E-state index in [1.165, 1.54) is 0 Å². The van der Waals surface area contributed by atoms with Gasteiger partial charge in [0.05, 0.1) is 13.0 Å². The third-order valence-electron chi connectivity index (χ3n) is 3.43. The van der Waals surface area contributed by atoms with Crippen LogP contribution in [-0.2, 0) is 20.7 Å². The minimum absolute atomic E-state index is 0.0148. The molecule has 1 aromatic carbocycles. The monoisotopic (exact) mass is 278 g/mol. The van der Waals surface area contributed by atoms with Crippen LogP contribution in [-0.4, -0.2) is 49.8 Å². The zero-order chi connectivity index (χ0) is 14.4. The predicted octanol–water partition coefficient (Wildman–Crippen LogP) is 1.08. The van der Waals surface area contributed by atoms with Gasteiger partial charge in [0.25, 0.3) is 0 Å². The molecule has 0 radical (unpaired) electrons. The number of nitrogens with zero attached hydrogens (tertiary/aromatic N) is 1. The van der Waals surface area contributed by atoms with Gasteiger partial charge in [-0.1, -0.05) is 19.1 Å². The van der Waals surface area contributed by atoms with Gasteiger partial charge in [-0.05, 0) is 24.2 Å². The lowest BCUT2D eigenvalue weighted by atomic mass is 10.1. The summed E-state index contributed by atoms with van der Waals surface area (Å²) in [4.78, 5) is 14.1. The summed E-state index contributed by atoms with van der Waals surface area (Å²) in [6.45, 7) is 5.92. The summed E-state index contributed by atoms with van der Waals surface area (Å²) in [6, 6.07) is 7.25. The molecule has 110 valence electrons. The Morgan fingerprint density at radius 1 is 1.45 bits per heavy atom. The Morgan fingerprint density at radius 2 is 2.20 bits per heavy atom. The number of nitrogen functional groups attached to an aromatic ring is 1. The predicted molar refractivity (Wildman–Crippen MR) is 77.4 cm³/mol. The molecule has 1 aliphatic rings. The minimum Gasteiger partial charge on any atom is -0.463 e. The van der Waals surface area contributed by atoms with E-state index in [0.717, 1.165) is 25.2 Å². The van der Waals surface area contributed by atoms with Crippen LogP contribution in [0.2, 0.25) is 0 Å². The van der Waals surface area contributed by atoms with E-state index >= 15 is 0 Å². The molecule has 1 aliphatic heterocycles. The average Bonchev–Trinajstić information content (AvgIpc) is 2.48. The molecule has 0 amide bonds. The second kappa shape index (κ2) is 7.26. The molecular weight excluding hydrogens is 256 g/mol. The highest BCUT2D eigenvalue weighted by molar-refractivity contribution is 5.72. The number of nitrogens with two attached hydrogens (primary N) is 1. The number of ether oxygens (including phenoxy) is 2. The number of carbonyl (C=O) groups is 1. The van der Waals surface area contributed by atoms with E-state index in [2.05, 4.69) is 11.8 Å². The number of hydrogen-bond acceptors (Lipinski definition) is 5. The molecule has 0 bridgehead atoms. The van der Waals surface area contributed by atoms with Crippen molar-refractivity contribution in [1.29, 1.82) is 0 Å². The molecule has 20 heavy (non-hydrogen) atoms. The number of likely N-dealkylation sites (N-methyl/N-ethyl adjacent to an activating group) is 1. The van der Waals surface area contributed by atoms with Crippen molar-refractivity contribution < 1.29 is 14.3 Å². The highest BCUT2D eigenvalue weighted by Gasteiger charge is 2.20. The average molecular weight is 278 g/mol. The van der Waals surface area contributed by atoms with Gasteiger partial charge in [-0.15, -0.1) is 0 Å². The summed E-state index contributed by atoms with van der Waals surface area (Å²) in [7, 11) is 0. The quantitative estimate of drug-likeness (QED) is 0.645.